The molecule has 2 rings (SSSR count). The first kappa shape index (κ1) is 12.5. The van der Waals surface area contributed by atoms with Crippen molar-refractivity contribution in [1.29, 1.82) is 0 Å². The predicted molar refractivity (Wildman–Crippen MR) is 72.6 cm³/mol. The van der Waals surface area contributed by atoms with E-state index < -0.39 is 0 Å². The Bertz CT molecular complexity index is 484. The highest BCUT2D eigenvalue weighted by molar-refractivity contribution is 7.99. The van der Waals surface area contributed by atoms with Gasteiger partial charge in [0, 0.05) is 29.7 Å². The predicted octanol–water partition coefficient (Wildman–Crippen LogP) is 2.64. The first-order valence-electron chi connectivity index (χ1n) is 5.38. The van der Waals surface area contributed by atoms with E-state index in [4.69, 9.17) is 17.3 Å². The van der Waals surface area contributed by atoms with Gasteiger partial charge in [-0.15, -0.1) is 0 Å². The average molecular weight is 268 g/mol. The topological polar surface area (TPSA) is 43.8 Å². The summed E-state index contributed by atoms with van der Waals surface area (Å²) in [7, 11) is 0. The van der Waals surface area contributed by atoms with Gasteiger partial charge < -0.3 is 10.3 Å². The summed E-state index contributed by atoms with van der Waals surface area (Å²) in [5, 5.41) is 1.77. The summed E-state index contributed by atoms with van der Waals surface area (Å²) in [4.78, 5) is 4.31. The Kier molecular flexibility index (Phi) is 4.48. The lowest BCUT2D eigenvalue weighted by Gasteiger charge is -2.08. The molecule has 90 valence electrons. The number of halogens is 1. The summed E-state index contributed by atoms with van der Waals surface area (Å²) < 4.78 is 2.08. The summed E-state index contributed by atoms with van der Waals surface area (Å²) >= 11 is 7.80. The van der Waals surface area contributed by atoms with Gasteiger partial charge in [0.25, 0.3) is 0 Å². The fourth-order valence-corrected chi connectivity index (χ4v) is 2.44. The largest absolute Gasteiger partial charge is 0.330 e. The molecular weight excluding hydrogens is 254 g/mol. The number of imidazole rings is 1. The number of nitrogens with zero attached hydrogens (tertiary/aromatic N) is 2. The molecule has 0 fully saturated rings. The Balaban J connectivity index is 2.13. The third kappa shape index (κ3) is 3.25. The number of nitrogens with two attached hydrogens (primary N) is 1. The molecule has 0 amide bonds. The van der Waals surface area contributed by atoms with Crippen LogP contribution in [0.4, 0.5) is 0 Å². The van der Waals surface area contributed by atoms with Crippen molar-refractivity contribution in [2.24, 2.45) is 5.73 Å². The Morgan fingerprint density at radius 1 is 1.35 bits per heavy atom. The van der Waals surface area contributed by atoms with E-state index in [1.807, 2.05) is 30.5 Å². The Hall–Kier alpha value is -0.970. The van der Waals surface area contributed by atoms with Crippen LogP contribution < -0.4 is 5.73 Å². The van der Waals surface area contributed by atoms with Gasteiger partial charge in [-0.05, 0) is 11.6 Å². The molecule has 1 aromatic heterocycles. The number of hydrogen-bond donors (Lipinski definition) is 1. The number of aromatic nitrogens is 2. The molecule has 0 spiro atoms. The summed E-state index contributed by atoms with van der Waals surface area (Å²) in [5.74, 6) is 0.875. The van der Waals surface area contributed by atoms with E-state index in [0.29, 0.717) is 6.54 Å². The molecule has 0 aliphatic rings. The number of thioether (sulfide) groups is 1. The lowest BCUT2D eigenvalue weighted by atomic mass is 10.2. The minimum atomic E-state index is 0.656. The fourth-order valence-electron chi connectivity index (χ4n) is 1.52. The van der Waals surface area contributed by atoms with Gasteiger partial charge in [-0.3, -0.25) is 0 Å². The van der Waals surface area contributed by atoms with Crippen molar-refractivity contribution in [2.75, 3.05) is 12.3 Å². The fraction of sp³-hybridized carbons (Fsp3) is 0.250. The Morgan fingerprint density at radius 3 is 2.94 bits per heavy atom. The zero-order valence-corrected chi connectivity index (χ0v) is 10.9. The molecule has 1 aromatic carbocycles. The molecule has 3 nitrogen and oxygen atoms in total. The van der Waals surface area contributed by atoms with Gasteiger partial charge in [-0.2, -0.15) is 0 Å². The summed E-state index contributed by atoms with van der Waals surface area (Å²) in [5.41, 5.74) is 6.59. The van der Waals surface area contributed by atoms with Crippen LogP contribution in [0.2, 0.25) is 5.02 Å². The van der Waals surface area contributed by atoms with Crippen molar-refractivity contribution in [1.82, 2.24) is 9.55 Å². The van der Waals surface area contributed by atoms with E-state index in [9.17, 15) is 0 Å². The smallest absolute Gasteiger partial charge is 0.168 e. The molecule has 0 aliphatic heterocycles. The lowest BCUT2D eigenvalue weighted by Crippen LogP contribution is -2.05. The van der Waals surface area contributed by atoms with E-state index >= 15 is 0 Å². The maximum atomic E-state index is 6.14. The van der Waals surface area contributed by atoms with Gasteiger partial charge in [0.2, 0.25) is 0 Å². The van der Waals surface area contributed by atoms with Crippen molar-refractivity contribution in [3.05, 3.63) is 47.2 Å². The molecule has 0 saturated heterocycles. The SMILES string of the molecule is NCCSc1nccn1Cc1ccccc1Cl. The van der Waals surface area contributed by atoms with Crippen LogP contribution in [0.1, 0.15) is 5.56 Å². The maximum absolute atomic E-state index is 6.14. The molecule has 2 N–H and O–H groups in total. The van der Waals surface area contributed by atoms with E-state index in [1.165, 1.54) is 0 Å². The highest BCUT2D eigenvalue weighted by Crippen LogP contribution is 2.20. The van der Waals surface area contributed by atoms with Crippen LogP contribution in [0.3, 0.4) is 0 Å². The van der Waals surface area contributed by atoms with E-state index in [0.717, 1.165) is 28.0 Å². The summed E-state index contributed by atoms with van der Waals surface area (Å²) in [6.45, 7) is 1.40. The Labute approximate surface area is 110 Å². The second-order valence-electron chi connectivity index (χ2n) is 3.57. The molecule has 0 bridgehead atoms. The summed E-state index contributed by atoms with van der Waals surface area (Å²) in [6, 6.07) is 7.86. The molecule has 0 unspecified atom stereocenters. The molecule has 0 radical (unpaired) electrons. The van der Waals surface area contributed by atoms with Crippen LogP contribution in [0.5, 0.6) is 0 Å². The van der Waals surface area contributed by atoms with Gasteiger partial charge >= 0.3 is 0 Å². The first-order valence-corrected chi connectivity index (χ1v) is 6.75. The van der Waals surface area contributed by atoms with E-state index in [-0.39, 0.29) is 0 Å². The molecule has 0 aliphatic carbocycles. The van der Waals surface area contributed by atoms with Crippen molar-refractivity contribution in [3.8, 4) is 0 Å². The average Bonchev–Trinajstić information content (AvgIpc) is 2.77. The second-order valence-corrected chi connectivity index (χ2v) is 5.04. The van der Waals surface area contributed by atoms with Gasteiger partial charge in [0.15, 0.2) is 5.16 Å². The van der Waals surface area contributed by atoms with Crippen LogP contribution in [0, 0.1) is 0 Å². The molecular formula is C12H14ClN3S. The highest BCUT2D eigenvalue weighted by Gasteiger charge is 2.05. The maximum Gasteiger partial charge on any atom is 0.168 e. The standard InChI is InChI=1S/C12H14ClN3S/c13-11-4-2-1-3-10(11)9-16-7-6-15-12(16)17-8-5-14/h1-4,6-7H,5,8-9,14H2. The molecule has 17 heavy (non-hydrogen) atoms. The molecule has 5 heteroatoms. The molecule has 1 heterocycles. The second kappa shape index (κ2) is 6.10. The van der Waals surface area contributed by atoms with Crippen LogP contribution >= 0.6 is 23.4 Å². The number of rotatable bonds is 5. The van der Waals surface area contributed by atoms with Crippen molar-refractivity contribution in [3.63, 3.8) is 0 Å². The highest BCUT2D eigenvalue weighted by atomic mass is 35.5. The normalized spacial score (nSPS) is 10.7. The van der Waals surface area contributed by atoms with Crippen molar-refractivity contribution < 1.29 is 0 Å². The molecule has 0 saturated carbocycles. The van der Waals surface area contributed by atoms with Crippen LogP contribution in [0.15, 0.2) is 41.8 Å². The number of hydrogen-bond acceptors (Lipinski definition) is 3. The van der Waals surface area contributed by atoms with Crippen molar-refractivity contribution in [2.45, 2.75) is 11.7 Å². The summed E-state index contributed by atoms with van der Waals surface area (Å²) in [6.07, 6.45) is 3.76. The molecule has 2 aromatic rings. The lowest BCUT2D eigenvalue weighted by molar-refractivity contribution is 0.709. The van der Waals surface area contributed by atoms with Crippen LogP contribution in [-0.4, -0.2) is 21.8 Å². The minimum absolute atomic E-state index is 0.656. The van der Waals surface area contributed by atoms with E-state index in [1.54, 1.807) is 18.0 Å². The van der Waals surface area contributed by atoms with Gasteiger partial charge in [-0.1, -0.05) is 41.6 Å². The molecule has 0 atom stereocenters. The third-order valence-corrected chi connectivity index (χ3v) is 3.73. The van der Waals surface area contributed by atoms with Crippen LogP contribution in [0.25, 0.3) is 0 Å². The third-order valence-electron chi connectivity index (χ3n) is 2.32. The Morgan fingerprint density at radius 2 is 2.18 bits per heavy atom. The van der Waals surface area contributed by atoms with Crippen LogP contribution in [-0.2, 0) is 6.54 Å². The quantitative estimate of drug-likeness (QED) is 0.847. The van der Waals surface area contributed by atoms with Gasteiger partial charge in [0.05, 0.1) is 6.54 Å². The number of benzene rings is 1. The van der Waals surface area contributed by atoms with Gasteiger partial charge in [-0.25, -0.2) is 4.98 Å². The zero-order valence-electron chi connectivity index (χ0n) is 9.34. The van der Waals surface area contributed by atoms with Crippen molar-refractivity contribution >= 4 is 23.4 Å². The zero-order chi connectivity index (χ0) is 12.1. The first-order chi connectivity index (χ1) is 8.31. The monoisotopic (exact) mass is 267 g/mol. The van der Waals surface area contributed by atoms with E-state index in [2.05, 4.69) is 9.55 Å². The minimum Gasteiger partial charge on any atom is -0.330 e. The van der Waals surface area contributed by atoms with Gasteiger partial charge in [0.1, 0.15) is 0 Å².